The van der Waals surface area contributed by atoms with Crippen LogP contribution in [0.2, 0.25) is 0 Å². The molecule has 4 atom stereocenters. The number of hydrogen-bond acceptors (Lipinski definition) is 7. The molecule has 0 aromatic heterocycles. The number of aromatic hydroxyl groups is 1. The van der Waals surface area contributed by atoms with Gasteiger partial charge in [-0.25, -0.2) is 4.79 Å². The van der Waals surface area contributed by atoms with Gasteiger partial charge < -0.3 is 29.9 Å². The second-order valence-corrected chi connectivity index (χ2v) is 6.52. The average Bonchev–Trinajstić information content (AvgIpc) is 2.59. The first-order valence-corrected chi connectivity index (χ1v) is 8.66. The SMILES string of the molecule is COc1cc(O)c2c(c1)C=CC[C@H](O)[C@H](O)[C@H](O)CCC[C@H](C)OC2=O. The number of phenolic OH excluding ortho intramolecular Hbond substituents is 1. The van der Waals surface area contributed by atoms with E-state index in [0.29, 0.717) is 24.2 Å². The largest absolute Gasteiger partial charge is 0.507 e. The van der Waals surface area contributed by atoms with Crippen LogP contribution in [0, 0.1) is 0 Å². The van der Waals surface area contributed by atoms with Crippen LogP contribution in [0.1, 0.15) is 48.5 Å². The highest BCUT2D eigenvalue weighted by Gasteiger charge is 2.25. The molecule has 2 rings (SSSR count). The Labute approximate surface area is 152 Å². The molecule has 26 heavy (non-hydrogen) atoms. The molecule has 0 aliphatic carbocycles. The van der Waals surface area contributed by atoms with Crippen molar-refractivity contribution in [3.63, 3.8) is 0 Å². The van der Waals surface area contributed by atoms with Gasteiger partial charge >= 0.3 is 5.97 Å². The molecule has 1 aromatic carbocycles. The van der Waals surface area contributed by atoms with Crippen LogP contribution in [0.5, 0.6) is 11.5 Å². The Morgan fingerprint density at radius 3 is 2.58 bits per heavy atom. The summed E-state index contributed by atoms with van der Waals surface area (Å²) in [5, 5.41) is 40.2. The maximum Gasteiger partial charge on any atom is 0.342 e. The van der Waals surface area contributed by atoms with E-state index in [0.717, 1.165) is 0 Å². The Balaban J connectivity index is 2.40. The highest BCUT2D eigenvalue weighted by atomic mass is 16.5. The summed E-state index contributed by atoms with van der Waals surface area (Å²) in [6, 6.07) is 2.90. The van der Waals surface area contributed by atoms with E-state index in [-0.39, 0.29) is 24.2 Å². The fourth-order valence-corrected chi connectivity index (χ4v) is 2.91. The molecule has 144 valence electrons. The average molecular weight is 366 g/mol. The highest BCUT2D eigenvalue weighted by Crippen LogP contribution is 2.30. The molecule has 4 N–H and O–H groups in total. The molecule has 7 nitrogen and oxygen atoms in total. The predicted molar refractivity (Wildman–Crippen MR) is 95.1 cm³/mol. The summed E-state index contributed by atoms with van der Waals surface area (Å²) in [6.45, 7) is 1.72. The first kappa shape index (κ1) is 20.2. The Morgan fingerprint density at radius 1 is 1.15 bits per heavy atom. The summed E-state index contributed by atoms with van der Waals surface area (Å²) >= 11 is 0. The van der Waals surface area contributed by atoms with Crippen LogP contribution in [0.4, 0.5) is 0 Å². The van der Waals surface area contributed by atoms with Gasteiger partial charge in [0, 0.05) is 6.07 Å². The zero-order valence-electron chi connectivity index (χ0n) is 15.0. The summed E-state index contributed by atoms with van der Waals surface area (Å²) in [6.07, 6.45) is 0.542. The molecule has 7 heteroatoms. The summed E-state index contributed by atoms with van der Waals surface area (Å²) in [5.74, 6) is -0.552. The maximum atomic E-state index is 12.5. The van der Waals surface area contributed by atoms with E-state index in [1.54, 1.807) is 19.1 Å². The molecule has 0 saturated carbocycles. The topological polar surface area (TPSA) is 116 Å². The van der Waals surface area contributed by atoms with E-state index in [9.17, 15) is 25.2 Å². The lowest BCUT2D eigenvalue weighted by Crippen LogP contribution is -2.37. The Morgan fingerprint density at radius 2 is 1.88 bits per heavy atom. The van der Waals surface area contributed by atoms with E-state index in [4.69, 9.17) is 9.47 Å². The molecule has 1 aromatic rings. The van der Waals surface area contributed by atoms with Crippen molar-refractivity contribution < 1.29 is 34.7 Å². The van der Waals surface area contributed by atoms with Crippen LogP contribution in [-0.2, 0) is 4.74 Å². The molecule has 1 heterocycles. The summed E-state index contributed by atoms with van der Waals surface area (Å²) in [7, 11) is 1.44. The third kappa shape index (κ3) is 4.97. The molecule has 0 unspecified atom stereocenters. The Hall–Kier alpha value is -2.09. The molecular weight excluding hydrogens is 340 g/mol. The predicted octanol–water partition coefficient (Wildman–Crippen LogP) is 1.62. The molecule has 1 aliphatic heterocycles. The van der Waals surface area contributed by atoms with E-state index in [1.807, 2.05) is 0 Å². The van der Waals surface area contributed by atoms with Crippen molar-refractivity contribution in [2.24, 2.45) is 0 Å². The number of rotatable bonds is 1. The minimum atomic E-state index is -1.27. The molecule has 0 saturated heterocycles. The van der Waals surface area contributed by atoms with Gasteiger partial charge in [-0.1, -0.05) is 12.2 Å². The van der Waals surface area contributed by atoms with Gasteiger partial charge in [-0.05, 0) is 44.2 Å². The van der Waals surface area contributed by atoms with Crippen molar-refractivity contribution in [1.82, 2.24) is 0 Å². The second-order valence-electron chi connectivity index (χ2n) is 6.52. The van der Waals surface area contributed by atoms with Crippen molar-refractivity contribution in [2.45, 2.75) is 57.0 Å². The van der Waals surface area contributed by atoms with Crippen molar-refractivity contribution in [2.75, 3.05) is 7.11 Å². The van der Waals surface area contributed by atoms with Crippen LogP contribution < -0.4 is 4.74 Å². The zero-order chi connectivity index (χ0) is 19.3. The number of benzene rings is 1. The van der Waals surface area contributed by atoms with Gasteiger partial charge in [0.15, 0.2) is 0 Å². The normalized spacial score (nSPS) is 28.0. The van der Waals surface area contributed by atoms with Gasteiger partial charge in [-0.15, -0.1) is 0 Å². The fraction of sp³-hybridized carbons (Fsp3) is 0.526. The van der Waals surface area contributed by atoms with Gasteiger partial charge in [0.2, 0.25) is 0 Å². The Bertz CT molecular complexity index is 656. The number of carbonyl (C=O) groups is 1. The minimum absolute atomic E-state index is 0.0148. The van der Waals surface area contributed by atoms with E-state index in [2.05, 4.69) is 0 Å². The molecule has 0 spiro atoms. The lowest BCUT2D eigenvalue weighted by atomic mass is 9.98. The molecule has 0 radical (unpaired) electrons. The monoisotopic (exact) mass is 366 g/mol. The number of carbonyl (C=O) groups excluding carboxylic acids is 1. The van der Waals surface area contributed by atoms with E-state index < -0.39 is 30.4 Å². The van der Waals surface area contributed by atoms with Gasteiger partial charge in [-0.2, -0.15) is 0 Å². The van der Waals surface area contributed by atoms with Crippen molar-refractivity contribution in [3.05, 3.63) is 29.3 Å². The molecule has 0 bridgehead atoms. The van der Waals surface area contributed by atoms with Gasteiger partial charge in [0.25, 0.3) is 0 Å². The lowest BCUT2D eigenvalue weighted by Gasteiger charge is -2.23. The van der Waals surface area contributed by atoms with Crippen LogP contribution >= 0.6 is 0 Å². The minimum Gasteiger partial charge on any atom is -0.507 e. The first-order chi connectivity index (χ1) is 12.3. The second kappa shape index (κ2) is 9.02. The summed E-state index contributed by atoms with van der Waals surface area (Å²) < 4.78 is 10.5. The van der Waals surface area contributed by atoms with E-state index in [1.165, 1.54) is 19.3 Å². The van der Waals surface area contributed by atoms with Crippen LogP contribution in [0.15, 0.2) is 18.2 Å². The number of aliphatic hydroxyl groups excluding tert-OH is 3. The van der Waals surface area contributed by atoms with Gasteiger partial charge in [0.05, 0.1) is 25.4 Å². The number of cyclic esters (lactones) is 1. The van der Waals surface area contributed by atoms with Crippen molar-refractivity contribution >= 4 is 12.0 Å². The number of hydrogen-bond donors (Lipinski definition) is 4. The number of methoxy groups -OCH3 is 1. The van der Waals surface area contributed by atoms with Gasteiger partial charge in [0.1, 0.15) is 23.2 Å². The first-order valence-electron chi connectivity index (χ1n) is 8.66. The quantitative estimate of drug-likeness (QED) is 0.558. The lowest BCUT2D eigenvalue weighted by molar-refractivity contribution is -0.0613. The number of ether oxygens (including phenoxy) is 2. The highest BCUT2D eigenvalue weighted by molar-refractivity contribution is 5.97. The number of esters is 1. The standard InChI is InChI=1S/C19H26O7/c1-11-5-3-7-14(20)18(23)15(21)8-4-6-12-9-13(25-2)10-16(22)17(12)19(24)26-11/h4,6,9-11,14-15,18,20-23H,3,5,7-8H2,1-2H3/t11-,14+,15-,18+/m0/s1. The third-order valence-electron chi connectivity index (χ3n) is 4.44. The van der Waals surface area contributed by atoms with Crippen LogP contribution in [0.25, 0.3) is 6.08 Å². The Kier molecular flexibility index (Phi) is 7.02. The summed E-state index contributed by atoms with van der Waals surface area (Å²) in [4.78, 5) is 12.5. The third-order valence-corrected chi connectivity index (χ3v) is 4.44. The molecule has 0 amide bonds. The van der Waals surface area contributed by atoms with Crippen LogP contribution in [0.3, 0.4) is 0 Å². The van der Waals surface area contributed by atoms with Gasteiger partial charge in [-0.3, -0.25) is 0 Å². The molecule has 0 fully saturated rings. The zero-order valence-corrected chi connectivity index (χ0v) is 15.0. The van der Waals surface area contributed by atoms with Crippen molar-refractivity contribution in [3.8, 4) is 11.5 Å². The number of phenols is 1. The molecule has 1 aliphatic rings. The maximum absolute atomic E-state index is 12.5. The fourth-order valence-electron chi connectivity index (χ4n) is 2.91. The van der Waals surface area contributed by atoms with Crippen LogP contribution in [-0.4, -0.2) is 57.9 Å². The summed E-state index contributed by atoms with van der Waals surface area (Å²) in [5.41, 5.74) is 0.388. The number of fused-ring (bicyclic) bond motifs is 1. The van der Waals surface area contributed by atoms with E-state index >= 15 is 0 Å². The smallest absolute Gasteiger partial charge is 0.342 e. The molecular formula is C19H26O7. The number of aliphatic hydroxyl groups is 3. The van der Waals surface area contributed by atoms with Crippen molar-refractivity contribution in [1.29, 1.82) is 0 Å².